The van der Waals surface area contributed by atoms with E-state index in [0.717, 1.165) is 29.9 Å². The number of aromatic nitrogens is 2. The van der Waals surface area contributed by atoms with Gasteiger partial charge in [0.25, 0.3) is 0 Å². The van der Waals surface area contributed by atoms with Crippen LogP contribution in [0.1, 0.15) is 17.7 Å². The maximum absolute atomic E-state index is 6.01. The summed E-state index contributed by atoms with van der Waals surface area (Å²) in [5.41, 5.74) is 10.1. The van der Waals surface area contributed by atoms with E-state index >= 15 is 0 Å². The molecule has 7 nitrogen and oxygen atoms in total. The van der Waals surface area contributed by atoms with E-state index in [1.165, 1.54) is 5.56 Å². The van der Waals surface area contributed by atoms with Gasteiger partial charge in [-0.25, -0.2) is 4.68 Å². The number of hydrogen-bond acceptors (Lipinski definition) is 4. The molecule has 0 aliphatic rings. The molecule has 3 N–H and O–H groups in total. The molecule has 0 bridgehead atoms. The average molecular weight is 521 g/mol. The largest absolute Gasteiger partial charge is 0.493 e. The molecule has 8 heteroatoms. The Hall–Kier alpha value is -2.75. The number of nitrogens with one attached hydrogen (secondary N) is 1. The first kappa shape index (κ1) is 23.5. The first-order valence-corrected chi connectivity index (χ1v) is 9.50. The molecule has 3 aromatic rings. The number of rotatable bonds is 8. The summed E-state index contributed by atoms with van der Waals surface area (Å²) >= 11 is 0. The molecular weight excluding hydrogens is 493 g/mol. The second-order valence-corrected chi connectivity index (χ2v) is 6.59. The zero-order valence-electron chi connectivity index (χ0n) is 17.5. The first-order chi connectivity index (χ1) is 14.1. The summed E-state index contributed by atoms with van der Waals surface area (Å²) < 4.78 is 12.5. The Kier molecular flexibility index (Phi) is 8.97. The number of nitrogens with two attached hydrogens (primary N) is 1. The molecule has 2 aromatic carbocycles. The summed E-state index contributed by atoms with van der Waals surface area (Å²) in [6, 6.07) is 15.6. The van der Waals surface area contributed by atoms with Crippen LogP contribution < -0.4 is 20.5 Å². The number of aliphatic imine (C=N–C) groups is 1. The van der Waals surface area contributed by atoms with Gasteiger partial charge >= 0.3 is 0 Å². The fraction of sp³-hybridized carbons (Fsp3) is 0.273. The molecule has 0 unspecified atom stereocenters. The van der Waals surface area contributed by atoms with Crippen molar-refractivity contribution in [2.45, 2.75) is 19.8 Å². The highest BCUT2D eigenvalue weighted by Crippen LogP contribution is 2.29. The van der Waals surface area contributed by atoms with Gasteiger partial charge in [-0.1, -0.05) is 18.2 Å². The third kappa shape index (κ3) is 6.12. The highest BCUT2D eigenvalue weighted by atomic mass is 127. The fourth-order valence-corrected chi connectivity index (χ4v) is 3.02. The summed E-state index contributed by atoms with van der Waals surface area (Å²) in [5, 5.41) is 7.68. The minimum atomic E-state index is 0. The normalized spacial score (nSPS) is 11.0. The zero-order valence-corrected chi connectivity index (χ0v) is 19.8. The Balaban J connectivity index is 0.00000320. The van der Waals surface area contributed by atoms with Crippen molar-refractivity contribution < 1.29 is 9.47 Å². The lowest BCUT2D eigenvalue weighted by atomic mass is 10.1. The van der Waals surface area contributed by atoms with E-state index in [1.807, 2.05) is 60.1 Å². The quantitative estimate of drug-likeness (QED) is 0.201. The van der Waals surface area contributed by atoms with Gasteiger partial charge in [0.15, 0.2) is 17.5 Å². The SMILES string of the molecule is COc1ccc(NC(N)=NCCCc2cn(-c3ccccc3)nc2C)cc1OC.I. The number of guanidine groups is 1. The summed E-state index contributed by atoms with van der Waals surface area (Å²) in [5.74, 6) is 1.67. The highest BCUT2D eigenvalue weighted by Gasteiger charge is 2.07. The molecule has 0 saturated carbocycles. The number of anilines is 1. The lowest BCUT2D eigenvalue weighted by Gasteiger charge is -2.10. The fourth-order valence-electron chi connectivity index (χ4n) is 3.02. The van der Waals surface area contributed by atoms with Crippen LogP contribution >= 0.6 is 24.0 Å². The lowest BCUT2D eigenvalue weighted by Crippen LogP contribution is -2.22. The number of methoxy groups -OCH3 is 2. The van der Waals surface area contributed by atoms with E-state index < -0.39 is 0 Å². The van der Waals surface area contributed by atoms with Crippen LogP contribution in [-0.2, 0) is 6.42 Å². The predicted octanol–water partition coefficient (Wildman–Crippen LogP) is 4.18. The van der Waals surface area contributed by atoms with Crippen molar-refractivity contribution in [1.29, 1.82) is 0 Å². The van der Waals surface area contributed by atoms with E-state index in [4.69, 9.17) is 15.2 Å². The van der Waals surface area contributed by atoms with Crippen LogP contribution in [0.2, 0.25) is 0 Å². The Bertz CT molecular complexity index is 973. The van der Waals surface area contributed by atoms with Gasteiger partial charge in [0.1, 0.15) is 0 Å². The van der Waals surface area contributed by atoms with Gasteiger partial charge in [0, 0.05) is 24.5 Å². The molecule has 0 atom stereocenters. The smallest absolute Gasteiger partial charge is 0.193 e. The van der Waals surface area contributed by atoms with Gasteiger partial charge < -0.3 is 20.5 Å². The molecule has 1 heterocycles. The van der Waals surface area contributed by atoms with Crippen molar-refractivity contribution in [3.8, 4) is 17.2 Å². The van der Waals surface area contributed by atoms with E-state index in [9.17, 15) is 0 Å². The minimum Gasteiger partial charge on any atom is -0.493 e. The van der Waals surface area contributed by atoms with Gasteiger partial charge in [-0.3, -0.25) is 4.99 Å². The molecule has 1 aromatic heterocycles. The maximum atomic E-state index is 6.01. The van der Waals surface area contributed by atoms with Crippen LogP contribution in [-0.4, -0.2) is 36.5 Å². The van der Waals surface area contributed by atoms with Gasteiger partial charge in [-0.2, -0.15) is 5.10 Å². The van der Waals surface area contributed by atoms with Gasteiger partial charge in [-0.15, -0.1) is 24.0 Å². The Morgan fingerprint density at radius 1 is 1.10 bits per heavy atom. The van der Waals surface area contributed by atoms with Crippen LogP contribution in [0.5, 0.6) is 11.5 Å². The van der Waals surface area contributed by atoms with Crippen molar-refractivity contribution in [3.63, 3.8) is 0 Å². The monoisotopic (exact) mass is 521 g/mol. The van der Waals surface area contributed by atoms with E-state index in [2.05, 4.69) is 21.6 Å². The van der Waals surface area contributed by atoms with Crippen molar-refractivity contribution in [1.82, 2.24) is 9.78 Å². The van der Waals surface area contributed by atoms with Crippen molar-refractivity contribution in [3.05, 3.63) is 66.0 Å². The molecule has 0 saturated heterocycles. The highest BCUT2D eigenvalue weighted by molar-refractivity contribution is 14.0. The Morgan fingerprint density at radius 3 is 2.53 bits per heavy atom. The second kappa shape index (κ2) is 11.4. The number of nitrogens with zero attached hydrogens (tertiary/aromatic N) is 3. The molecule has 160 valence electrons. The van der Waals surface area contributed by atoms with Crippen molar-refractivity contribution in [2.75, 3.05) is 26.1 Å². The number of ether oxygens (including phenoxy) is 2. The summed E-state index contributed by atoms with van der Waals surface area (Å²) in [6.07, 6.45) is 3.86. The number of halogens is 1. The third-order valence-electron chi connectivity index (χ3n) is 4.56. The lowest BCUT2D eigenvalue weighted by molar-refractivity contribution is 0.355. The number of benzene rings is 2. The Morgan fingerprint density at radius 2 is 1.83 bits per heavy atom. The predicted molar refractivity (Wildman–Crippen MR) is 132 cm³/mol. The maximum Gasteiger partial charge on any atom is 0.193 e. The molecule has 0 spiro atoms. The molecular formula is C22H28IN5O2. The molecule has 30 heavy (non-hydrogen) atoms. The first-order valence-electron chi connectivity index (χ1n) is 9.50. The summed E-state index contributed by atoms with van der Waals surface area (Å²) in [4.78, 5) is 4.41. The third-order valence-corrected chi connectivity index (χ3v) is 4.56. The van der Waals surface area contributed by atoms with Crippen molar-refractivity contribution >= 4 is 35.6 Å². The Labute approximate surface area is 194 Å². The molecule has 0 aliphatic carbocycles. The van der Waals surface area contributed by atoms with Crippen LogP contribution in [0.25, 0.3) is 5.69 Å². The number of aryl methyl sites for hydroxylation is 2. The van der Waals surface area contributed by atoms with Crippen molar-refractivity contribution in [2.24, 2.45) is 10.7 Å². The molecule has 0 fully saturated rings. The topological polar surface area (TPSA) is 86.7 Å². The summed E-state index contributed by atoms with van der Waals surface area (Å²) in [7, 11) is 3.20. The number of hydrogen-bond donors (Lipinski definition) is 2. The average Bonchev–Trinajstić information content (AvgIpc) is 3.12. The van der Waals surface area contributed by atoms with Gasteiger partial charge in [0.05, 0.1) is 25.6 Å². The summed E-state index contributed by atoms with van der Waals surface area (Å²) in [6.45, 7) is 2.66. The standard InChI is InChI=1S/C22H27N5O2.HI/c1-16-17(15-27(26-16)19-9-5-4-6-10-19)8-7-13-24-22(23)25-18-11-12-20(28-2)21(14-18)29-3;/h4-6,9-12,14-15H,7-8,13H2,1-3H3,(H3,23,24,25);1H. The zero-order chi connectivity index (χ0) is 20.6. The van der Waals surface area contributed by atoms with Crippen LogP contribution in [0.3, 0.4) is 0 Å². The molecule has 3 rings (SSSR count). The molecule has 0 amide bonds. The minimum absolute atomic E-state index is 0. The van der Waals surface area contributed by atoms with Crippen LogP contribution in [0, 0.1) is 6.92 Å². The van der Waals surface area contributed by atoms with E-state index in [1.54, 1.807) is 14.2 Å². The van der Waals surface area contributed by atoms with Gasteiger partial charge in [0.2, 0.25) is 0 Å². The van der Waals surface area contributed by atoms with E-state index in [-0.39, 0.29) is 24.0 Å². The van der Waals surface area contributed by atoms with Crippen LogP contribution in [0.4, 0.5) is 5.69 Å². The second-order valence-electron chi connectivity index (χ2n) is 6.59. The van der Waals surface area contributed by atoms with Crippen LogP contribution in [0.15, 0.2) is 59.7 Å². The molecule has 0 radical (unpaired) electrons. The molecule has 0 aliphatic heterocycles. The number of para-hydroxylation sites is 1. The van der Waals surface area contributed by atoms with E-state index in [0.29, 0.717) is 24.0 Å². The van der Waals surface area contributed by atoms with Gasteiger partial charge in [-0.05, 0) is 49.6 Å².